The second-order valence-electron chi connectivity index (χ2n) is 9.24. The van der Waals surface area contributed by atoms with E-state index in [0.29, 0.717) is 5.78 Å². The van der Waals surface area contributed by atoms with E-state index < -0.39 is 0 Å². The molecule has 2 spiro atoms. The summed E-state index contributed by atoms with van der Waals surface area (Å²) in [5, 5.41) is 0. The lowest BCUT2D eigenvalue weighted by atomic mass is 9.43. The lowest BCUT2D eigenvalue weighted by Gasteiger charge is -2.59. The normalized spacial score (nSPS) is 40.5. The van der Waals surface area contributed by atoms with Gasteiger partial charge in [-0.3, -0.25) is 4.79 Å². The molecule has 3 saturated carbocycles. The van der Waals surface area contributed by atoms with Crippen molar-refractivity contribution in [1.82, 2.24) is 0 Å². The summed E-state index contributed by atoms with van der Waals surface area (Å²) in [6, 6.07) is 0. The summed E-state index contributed by atoms with van der Waals surface area (Å²) >= 11 is 0. The summed E-state index contributed by atoms with van der Waals surface area (Å²) in [5.74, 6) is 2.57. The van der Waals surface area contributed by atoms with Crippen molar-refractivity contribution in [2.45, 2.75) is 110 Å². The van der Waals surface area contributed by atoms with Crippen LogP contribution < -0.4 is 0 Å². The van der Waals surface area contributed by atoms with Crippen LogP contribution in [0.1, 0.15) is 110 Å². The number of carbonyl (C=O) groups is 1. The number of carbonyl (C=O) groups excluding carboxylic acids is 1. The molecule has 23 heavy (non-hydrogen) atoms. The monoisotopic (exact) mass is 318 g/mol. The SMILES string of the molecule is CCCCC1CCC2(CC1)CC1(CCC(CCCC)CC1)C2=O. The van der Waals surface area contributed by atoms with Crippen molar-refractivity contribution < 1.29 is 4.79 Å². The highest BCUT2D eigenvalue weighted by Gasteiger charge is 2.62. The van der Waals surface area contributed by atoms with Crippen LogP contribution in [0, 0.1) is 22.7 Å². The minimum atomic E-state index is 0.152. The van der Waals surface area contributed by atoms with Crippen molar-refractivity contribution >= 4 is 5.78 Å². The maximum Gasteiger partial charge on any atom is 0.145 e. The molecule has 0 atom stereocenters. The van der Waals surface area contributed by atoms with Gasteiger partial charge in [-0.2, -0.15) is 0 Å². The Kier molecular flexibility index (Phi) is 5.53. The Morgan fingerprint density at radius 2 is 1.17 bits per heavy atom. The molecule has 0 amide bonds. The smallest absolute Gasteiger partial charge is 0.145 e. The van der Waals surface area contributed by atoms with Crippen LogP contribution in [-0.2, 0) is 4.79 Å². The molecule has 1 heteroatoms. The van der Waals surface area contributed by atoms with Crippen molar-refractivity contribution in [3.8, 4) is 0 Å². The van der Waals surface area contributed by atoms with Crippen LogP contribution in [0.4, 0.5) is 0 Å². The molecule has 3 rings (SSSR count). The van der Waals surface area contributed by atoms with Gasteiger partial charge in [0.05, 0.1) is 0 Å². The summed E-state index contributed by atoms with van der Waals surface area (Å²) in [4.78, 5) is 13.2. The molecule has 1 nitrogen and oxygen atoms in total. The number of rotatable bonds is 6. The van der Waals surface area contributed by atoms with E-state index in [1.807, 2.05) is 0 Å². The van der Waals surface area contributed by atoms with Gasteiger partial charge in [-0.1, -0.05) is 52.4 Å². The van der Waals surface area contributed by atoms with Gasteiger partial charge in [0.15, 0.2) is 0 Å². The highest BCUT2D eigenvalue weighted by atomic mass is 16.1. The van der Waals surface area contributed by atoms with Crippen LogP contribution in [-0.4, -0.2) is 5.78 Å². The van der Waals surface area contributed by atoms with E-state index in [1.165, 1.54) is 96.3 Å². The molecule has 0 unspecified atom stereocenters. The third-order valence-corrected chi connectivity index (χ3v) is 7.70. The zero-order chi connectivity index (χ0) is 16.3. The average molecular weight is 319 g/mol. The zero-order valence-corrected chi connectivity index (χ0v) is 15.7. The first-order valence-electron chi connectivity index (χ1n) is 10.7. The Bertz CT molecular complexity index is 358. The molecule has 0 aromatic rings. The quantitative estimate of drug-likeness (QED) is 0.533. The Hall–Kier alpha value is -0.330. The fourth-order valence-corrected chi connectivity index (χ4v) is 6.10. The van der Waals surface area contributed by atoms with Crippen LogP contribution in [0.2, 0.25) is 0 Å². The van der Waals surface area contributed by atoms with E-state index in [-0.39, 0.29) is 10.8 Å². The third kappa shape index (κ3) is 3.40. The Labute approximate surface area is 144 Å². The van der Waals surface area contributed by atoms with Crippen LogP contribution in [0.15, 0.2) is 0 Å². The van der Waals surface area contributed by atoms with Crippen molar-refractivity contribution in [2.75, 3.05) is 0 Å². The second-order valence-corrected chi connectivity index (χ2v) is 9.24. The first-order valence-corrected chi connectivity index (χ1v) is 10.7. The number of hydrogen-bond donors (Lipinski definition) is 0. The first-order chi connectivity index (χ1) is 11.1. The Balaban J connectivity index is 1.47. The molecular weight excluding hydrogens is 280 g/mol. The highest BCUT2D eigenvalue weighted by molar-refractivity contribution is 5.96. The summed E-state index contributed by atoms with van der Waals surface area (Å²) in [6.07, 6.45) is 19.7. The molecule has 0 aromatic carbocycles. The molecule has 0 aliphatic heterocycles. The van der Waals surface area contributed by atoms with Gasteiger partial charge >= 0.3 is 0 Å². The first kappa shape index (κ1) is 17.5. The van der Waals surface area contributed by atoms with E-state index in [9.17, 15) is 4.79 Å². The Morgan fingerprint density at radius 1 is 0.783 bits per heavy atom. The minimum absolute atomic E-state index is 0.152. The molecule has 0 saturated heterocycles. The van der Waals surface area contributed by atoms with E-state index in [0.717, 1.165) is 11.8 Å². The maximum atomic E-state index is 13.2. The molecule has 0 N–H and O–H groups in total. The van der Waals surface area contributed by atoms with Crippen LogP contribution in [0.3, 0.4) is 0 Å². The van der Waals surface area contributed by atoms with Gasteiger partial charge in [0.25, 0.3) is 0 Å². The van der Waals surface area contributed by atoms with Crippen molar-refractivity contribution in [2.24, 2.45) is 22.7 Å². The summed E-state index contributed by atoms with van der Waals surface area (Å²) in [6.45, 7) is 4.58. The van der Waals surface area contributed by atoms with Gasteiger partial charge in [-0.25, -0.2) is 0 Å². The van der Waals surface area contributed by atoms with Gasteiger partial charge in [-0.05, 0) is 69.6 Å². The lowest BCUT2D eigenvalue weighted by Crippen LogP contribution is -2.59. The maximum absolute atomic E-state index is 13.2. The van der Waals surface area contributed by atoms with Crippen LogP contribution in [0.5, 0.6) is 0 Å². The number of Topliss-reactive ketones (excluding diaryl/α,β-unsaturated/α-hetero) is 1. The zero-order valence-electron chi connectivity index (χ0n) is 15.7. The lowest BCUT2D eigenvalue weighted by molar-refractivity contribution is -0.169. The van der Waals surface area contributed by atoms with Crippen LogP contribution in [0.25, 0.3) is 0 Å². The van der Waals surface area contributed by atoms with E-state index >= 15 is 0 Å². The highest BCUT2D eigenvalue weighted by Crippen LogP contribution is 2.64. The third-order valence-electron chi connectivity index (χ3n) is 7.70. The second kappa shape index (κ2) is 7.28. The topological polar surface area (TPSA) is 17.1 Å². The Morgan fingerprint density at radius 3 is 1.48 bits per heavy atom. The molecule has 132 valence electrons. The van der Waals surface area contributed by atoms with Crippen LogP contribution >= 0.6 is 0 Å². The van der Waals surface area contributed by atoms with Gasteiger partial charge in [-0.15, -0.1) is 0 Å². The van der Waals surface area contributed by atoms with Crippen molar-refractivity contribution in [3.05, 3.63) is 0 Å². The summed E-state index contributed by atoms with van der Waals surface area (Å²) in [7, 11) is 0. The minimum Gasteiger partial charge on any atom is -0.298 e. The van der Waals surface area contributed by atoms with E-state index in [2.05, 4.69) is 13.8 Å². The van der Waals surface area contributed by atoms with Gasteiger partial charge < -0.3 is 0 Å². The predicted molar refractivity (Wildman–Crippen MR) is 97.5 cm³/mol. The summed E-state index contributed by atoms with van der Waals surface area (Å²) in [5.41, 5.74) is 0.304. The molecule has 3 fully saturated rings. The molecule has 0 bridgehead atoms. The number of hydrogen-bond acceptors (Lipinski definition) is 1. The van der Waals surface area contributed by atoms with Crippen molar-refractivity contribution in [3.63, 3.8) is 0 Å². The fourth-order valence-electron chi connectivity index (χ4n) is 6.10. The van der Waals surface area contributed by atoms with Gasteiger partial charge in [0, 0.05) is 10.8 Å². The number of unbranched alkanes of at least 4 members (excludes halogenated alkanes) is 2. The molecule has 0 heterocycles. The fraction of sp³-hybridized carbons (Fsp3) is 0.955. The van der Waals surface area contributed by atoms with Gasteiger partial charge in [0.2, 0.25) is 0 Å². The van der Waals surface area contributed by atoms with E-state index in [1.54, 1.807) is 0 Å². The summed E-state index contributed by atoms with van der Waals surface area (Å²) < 4.78 is 0. The molecule has 3 aliphatic carbocycles. The standard InChI is InChI=1S/C22H38O/c1-3-5-7-18-9-13-21(14-10-18)17-22(20(21)23)15-11-19(12-16-22)8-6-4-2/h18-19H,3-17H2,1-2H3. The molecule has 0 aromatic heterocycles. The molecule has 3 aliphatic rings. The largest absolute Gasteiger partial charge is 0.298 e. The molecular formula is C22H38O. The predicted octanol–water partition coefficient (Wildman–Crippen LogP) is 6.69. The van der Waals surface area contributed by atoms with E-state index in [4.69, 9.17) is 0 Å². The average Bonchev–Trinajstić information content (AvgIpc) is 2.60. The molecule has 0 radical (unpaired) electrons. The van der Waals surface area contributed by atoms with Gasteiger partial charge in [0.1, 0.15) is 5.78 Å². The van der Waals surface area contributed by atoms with Crippen molar-refractivity contribution in [1.29, 1.82) is 0 Å². The number of ketones is 1.